The van der Waals surface area contributed by atoms with Gasteiger partial charge in [0.1, 0.15) is 5.78 Å². The fourth-order valence-electron chi connectivity index (χ4n) is 2.46. The van der Waals surface area contributed by atoms with Gasteiger partial charge in [-0.25, -0.2) is 4.98 Å². The van der Waals surface area contributed by atoms with E-state index in [1.807, 2.05) is 36.4 Å². The molecule has 0 aliphatic carbocycles. The molecule has 0 aliphatic heterocycles. The van der Waals surface area contributed by atoms with Crippen molar-refractivity contribution in [1.82, 2.24) is 4.98 Å². The van der Waals surface area contributed by atoms with Gasteiger partial charge in [0, 0.05) is 13.3 Å². The number of ketones is 1. The van der Waals surface area contributed by atoms with Crippen LogP contribution in [0, 0.1) is 0 Å². The predicted octanol–water partition coefficient (Wildman–Crippen LogP) is 4.05. The molecule has 0 bridgehead atoms. The van der Waals surface area contributed by atoms with Gasteiger partial charge in [-0.2, -0.15) is 0 Å². The molecule has 0 saturated carbocycles. The summed E-state index contributed by atoms with van der Waals surface area (Å²) in [6, 6.07) is 14.0. The lowest BCUT2D eigenvalue weighted by molar-refractivity contribution is -0.116. The lowest BCUT2D eigenvalue weighted by Crippen LogP contribution is -2.04. The van der Waals surface area contributed by atoms with Gasteiger partial charge >= 0.3 is 0 Å². The minimum Gasteiger partial charge on any atom is -0.302 e. The number of carbonyl (C=O) groups excluding carboxylic acids is 2. The monoisotopic (exact) mass is 324 g/mol. The quantitative estimate of drug-likeness (QED) is 0.787. The normalized spacial score (nSPS) is 10.7. The Morgan fingerprint density at radius 2 is 1.87 bits per heavy atom. The number of hydrogen-bond donors (Lipinski definition) is 1. The Hall–Kier alpha value is -2.53. The highest BCUT2D eigenvalue weighted by Crippen LogP contribution is 2.30. The Morgan fingerprint density at radius 3 is 2.61 bits per heavy atom. The van der Waals surface area contributed by atoms with Gasteiger partial charge < -0.3 is 5.32 Å². The molecule has 1 amide bonds. The van der Waals surface area contributed by atoms with Crippen molar-refractivity contribution in [3.63, 3.8) is 0 Å². The molecule has 0 saturated heterocycles. The highest BCUT2D eigenvalue weighted by atomic mass is 32.1. The molecule has 0 radical (unpaired) electrons. The maximum absolute atomic E-state index is 11.3. The van der Waals surface area contributed by atoms with Crippen molar-refractivity contribution in [2.45, 2.75) is 20.3 Å². The van der Waals surface area contributed by atoms with Crippen LogP contribution in [-0.4, -0.2) is 16.7 Å². The standard InChI is InChI=1S/C18H16N2O2S/c1-11(21)8-13-4-3-5-14(9-13)15-6-7-16-17(10-15)23-18(20-16)19-12(2)22/h3-7,9-10H,8H2,1-2H3,(H,19,20,22). The van der Waals surface area contributed by atoms with Crippen molar-refractivity contribution in [2.24, 2.45) is 0 Å². The topological polar surface area (TPSA) is 59.1 Å². The second-order valence-electron chi connectivity index (χ2n) is 5.46. The van der Waals surface area contributed by atoms with Gasteiger partial charge in [0.2, 0.25) is 5.91 Å². The second kappa shape index (κ2) is 6.30. The van der Waals surface area contributed by atoms with Crippen molar-refractivity contribution < 1.29 is 9.59 Å². The summed E-state index contributed by atoms with van der Waals surface area (Å²) in [4.78, 5) is 26.8. The van der Waals surface area contributed by atoms with Crippen molar-refractivity contribution in [2.75, 3.05) is 5.32 Å². The first kappa shape index (κ1) is 15.4. The zero-order valence-electron chi connectivity index (χ0n) is 12.9. The molecule has 1 aromatic heterocycles. The van der Waals surface area contributed by atoms with Crippen LogP contribution in [-0.2, 0) is 16.0 Å². The lowest BCUT2D eigenvalue weighted by atomic mass is 10.0. The molecule has 0 unspecified atom stereocenters. The third-order valence-electron chi connectivity index (χ3n) is 3.38. The molecule has 0 aliphatic rings. The summed E-state index contributed by atoms with van der Waals surface area (Å²) < 4.78 is 1.02. The molecule has 23 heavy (non-hydrogen) atoms. The summed E-state index contributed by atoms with van der Waals surface area (Å²) in [5, 5.41) is 3.32. The number of aromatic nitrogens is 1. The van der Waals surface area contributed by atoms with Gasteiger partial charge in [0.05, 0.1) is 10.2 Å². The summed E-state index contributed by atoms with van der Waals surface area (Å²) >= 11 is 1.45. The number of nitrogens with one attached hydrogen (secondary N) is 1. The minimum atomic E-state index is -0.124. The van der Waals surface area contributed by atoms with Gasteiger partial charge in [-0.05, 0) is 35.7 Å². The number of anilines is 1. The van der Waals surface area contributed by atoms with Gasteiger partial charge in [0.25, 0.3) is 0 Å². The third kappa shape index (κ3) is 3.63. The van der Waals surface area contributed by atoms with Crippen molar-refractivity contribution in [1.29, 1.82) is 0 Å². The first-order valence-electron chi connectivity index (χ1n) is 7.28. The summed E-state index contributed by atoms with van der Waals surface area (Å²) in [6.45, 7) is 3.07. The first-order chi connectivity index (χ1) is 11.0. The zero-order valence-corrected chi connectivity index (χ0v) is 13.7. The van der Waals surface area contributed by atoms with E-state index in [1.165, 1.54) is 18.3 Å². The van der Waals surface area contributed by atoms with E-state index in [9.17, 15) is 9.59 Å². The van der Waals surface area contributed by atoms with Crippen molar-refractivity contribution >= 4 is 38.4 Å². The molecule has 0 fully saturated rings. The average molecular weight is 324 g/mol. The van der Waals surface area contributed by atoms with Crippen molar-refractivity contribution in [3.8, 4) is 11.1 Å². The number of Topliss-reactive ketones (excluding diaryl/α,β-unsaturated/α-hetero) is 1. The summed E-state index contributed by atoms with van der Waals surface area (Å²) in [6.07, 6.45) is 0.448. The van der Waals surface area contributed by atoms with E-state index in [0.717, 1.165) is 26.9 Å². The molecule has 5 heteroatoms. The number of nitrogens with zero attached hydrogens (tertiary/aromatic N) is 1. The molecule has 2 aromatic carbocycles. The molecule has 0 atom stereocenters. The number of rotatable bonds is 4. The maximum atomic E-state index is 11.3. The van der Waals surface area contributed by atoms with E-state index in [0.29, 0.717) is 11.6 Å². The zero-order chi connectivity index (χ0) is 16.4. The predicted molar refractivity (Wildman–Crippen MR) is 93.7 cm³/mol. The second-order valence-corrected chi connectivity index (χ2v) is 6.49. The fraction of sp³-hybridized carbons (Fsp3) is 0.167. The molecule has 1 N–H and O–H groups in total. The van der Waals surface area contributed by atoms with Crippen LogP contribution >= 0.6 is 11.3 Å². The Balaban J connectivity index is 1.96. The molecular weight excluding hydrogens is 308 g/mol. The average Bonchev–Trinajstić information content (AvgIpc) is 2.87. The van der Waals surface area contributed by atoms with E-state index in [2.05, 4.69) is 16.4 Å². The van der Waals surface area contributed by atoms with Crippen LogP contribution < -0.4 is 5.32 Å². The Labute approximate surface area is 138 Å². The van der Waals surface area contributed by atoms with Crippen LogP contribution in [0.1, 0.15) is 19.4 Å². The van der Waals surface area contributed by atoms with E-state index in [4.69, 9.17) is 0 Å². The van der Waals surface area contributed by atoms with Gasteiger partial charge in [-0.3, -0.25) is 9.59 Å². The van der Waals surface area contributed by atoms with Crippen LogP contribution in [0.25, 0.3) is 21.3 Å². The van der Waals surface area contributed by atoms with Crippen LogP contribution in [0.3, 0.4) is 0 Å². The minimum absolute atomic E-state index is 0.124. The van der Waals surface area contributed by atoms with E-state index >= 15 is 0 Å². The van der Waals surface area contributed by atoms with E-state index in [-0.39, 0.29) is 11.7 Å². The van der Waals surface area contributed by atoms with Crippen LogP contribution in [0.2, 0.25) is 0 Å². The van der Waals surface area contributed by atoms with Crippen LogP contribution in [0.4, 0.5) is 5.13 Å². The number of fused-ring (bicyclic) bond motifs is 1. The Bertz CT molecular complexity index is 899. The van der Waals surface area contributed by atoms with Gasteiger partial charge in [0.15, 0.2) is 5.13 Å². The molecular formula is C18H16N2O2S. The number of amides is 1. The van der Waals surface area contributed by atoms with E-state index in [1.54, 1.807) is 6.92 Å². The van der Waals surface area contributed by atoms with Gasteiger partial charge in [-0.15, -0.1) is 0 Å². The molecule has 116 valence electrons. The van der Waals surface area contributed by atoms with Crippen LogP contribution in [0.15, 0.2) is 42.5 Å². The number of carbonyl (C=O) groups is 2. The summed E-state index contributed by atoms with van der Waals surface area (Å²) in [5.74, 6) is 0.0289. The Morgan fingerprint density at radius 1 is 1.09 bits per heavy atom. The lowest BCUT2D eigenvalue weighted by Gasteiger charge is -2.04. The van der Waals surface area contributed by atoms with Crippen molar-refractivity contribution in [3.05, 3.63) is 48.0 Å². The summed E-state index contributed by atoms with van der Waals surface area (Å²) in [7, 11) is 0. The summed E-state index contributed by atoms with van der Waals surface area (Å²) in [5.41, 5.74) is 4.02. The maximum Gasteiger partial charge on any atom is 0.223 e. The fourth-order valence-corrected chi connectivity index (χ4v) is 3.41. The molecule has 3 rings (SSSR count). The SMILES string of the molecule is CC(=O)Cc1cccc(-c2ccc3nc(NC(C)=O)sc3c2)c1. The third-order valence-corrected chi connectivity index (χ3v) is 4.32. The number of benzene rings is 2. The smallest absolute Gasteiger partial charge is 0.223 e. The molecule has 0 spiro atoms. The first-order valence-corrected chi connectivity index (χ1v) is 8.10. The highest BCUT2D eigenvalue weighted by Gasteiger charge is 2.07. The van der Waals surface area contributed by atoms with E-state index < -0.39 is 0 Å². The number of hydrogen-bond acceptors (Lipinski definition) is 4. The van der Waals surface area contributed by atoms with Crippen LogP contribution in [0.5, 0.6) is 0 Å². The molecule has 3 aromatic rings. The largest absolute Gasteiger partial charge is 0.302 e. The number of thiazole rings is 1. The molecule has 4 nitrogen and oxygen atoms in total. The van der Waals surface area contributed by atoms with Gasteiger partial charge in [-0.1, -0.05) is 41.7 Å². The molecule has 1 heterocycles. The Kier molecular flexibility index (Phi) is 4.21. The highest BCUT2D eigenvalue weighted by molar-refractivity contribution is 7.22.